The Balaban J connectivity index is 2.27. The molecule has 0 unspecified atom stereocenters. The fourth-order valence-corrected chi connectivity index (χ4v) is 6.78. The van der Waals surface area contributed by atoms with Gasteiger partial charge in [-0.15, -0.1) is 0 Å². The van der Waals surface area contributed by atoms with Crippen molar-refractivity contribution in [2.45, 2.75) is 19.6 Å². The second-order valence-corrected chi connectivity index (χ2v) is 13.6. The van der Waals surface area contributed by atoms with Crippen LogP contribution in [0.25, 0.3) is 32.7 Å². The lowest BCUT2D eigenvalue weighted by Crippen LogP contribution is -2.07. The third-order valence-electron chi connectivity index (χ3n) is 5.55. The first-order valence-corrected chi connectivity index (χ1v) is 15.6. The molecule has 0 spiro atoms. The second-order valence-electron chi connectivity index (χ2n) is 8.04. The first kappa shape index (κ1) is 27.7. The Bertz CT molecular complexity index is 2140. The summed E-state index contributed by atoms with van der Waals surface area (Å²) >= 11 is 0. The van der Waals surface area contributed by atoms with Gasteiger partial charge in [-0.2, -0.15) is 33.7 Å². The van der Waals surface area contributed by atoms with Crippen molar-refractivity contribution >= 4 is 73.4 Å². The molecule has 8 N–H and O–H groups in total. The minimum absolute atomic E-state index is 0.0672. The van der Waals surface area contributed by atoms with Crippen LogP contribution in [0.4, 0.5) is 11.4 Å². The van der Waals surface area contributed by atoms with E-state index in [9.17, 15) is 51.9 Å². The van der Waals surface area contributed by atoms with Gasteiger partial charge in [-0.25, -0.2) is 0 Å². The zero-order valence-electron chi connectivity index (χ0n) is 18.5. The highest BCUT2D eigenvalue weighted by Crippen LogP contribution is 2.41. The molecule has 0 saturated heterocycles. The van der Waals surface area contributed by atoms with Gasteiger partial charge in [-0.05, 0) is 53.4 Å². The van der Waals surface area contributed by atoms with Crippen LogP contribution in [0, 0.1) is 0 Å². The maximum absolute atomic E-state index is 12.5. The van der Waals surface area contributed by atoms with Gasteiger partial charge in [0.1, 0.15) is 9.79 Å². The molecule has 4 aromatic rings. The number of fused-ring (bicyclic) bond motifs is 2. The van der Waals surface area contributed by atoms with Crippen LogP contribution in [-0.4, -0.2) is 51.9 Å². The Morgan fingerprint density at radius 1 is 0.553 bits per heavy atom. The number of nitrogen functional groups attached to an aromatic ring is 2. The van der Waals surface area contributed by atoms with E-state index < -0.39 is 76.7 Å². The molecule has 14 nitrogen and oxygen atoms in total. The number of rotatable bonds is 5. The van der Waals surface area contributed by atoms with Crippen molar-refractivity contribution in [2.24, 2.45) is 0 Å². The van der Waals surface area contributed by atoms with E-state index in [0.717, 1.165) is 42.5 Å². The lowest BCUT2D eigenvalue weighted by Gasteiger charge is -2.16. The van der Waals surface area contributed by atoms with Crippen LogP contribution < -0.4 is 11.5 Å². The van der Waals surface area contributed by atoms with Crippen molar-refractivity contribution in [2.75, 3.05) is 11.5 Å². The predicted molar refractivity (Wildman–Crippen MR) is 135 cm³/mol. The molecule has 0 heterocycles. The van der Waals surface area contributed by atoms with E-state index in [0.29, 0.717) is 6.07 Å². The summed E-state index contributed by atoms with van der Waals surface area (Å²) in [6, 6.07) is 7.05. The Labute approximate surface area is 215 Å². The monoisotopic (exact) mass is 604 g/mol. The first-order chi connectivity index (χ1) is 17.2. The molecule has 4 aromatic carbocycles. The minimum Gasteiger partial charge on any atom is -0.398 e. The van der Waals surface area contributed by atoms with Gasteiger partial charge in [0.2, 0.25) is 0 Å². The van der Waals surface area contributed by atoms with E-state index in [-0.39, 0.29) is 27.4 Å². The lowest BCUT2D eigenvalue weighted by atomic mass is 9.97. The van der Waals surface area contributed by atoms with Crippen LogP contribution in [0.15, 0.2) is 68.1 Å². The van der Waals surface area contributed by atoms with Crippen molar-refractivity contribution in [3.05, 3.63) is 48.5 Å². The van der Waals surface area contributed by atoms with Gasteiger partial charge in [0.25, 0.3) is 40.5 Å². The average Bonchev–Trinajstić information content (AvgIpc) is 2.75. The molecule has 0 radical (unpaired) electrons. The third-order valence-corrected chi connectivity index (χ3v) is 9.07. The van der Waals surface area contributed by atoms with Gasteiger partial charge in [0, 0.05) is 33.1 Å². The molecule has 0 aliphatic carbocycles. The summed E-state index contributed by atoms with van der Waals surface area (Å²) in [6.45, 7) is 0. The molecular formula is C20H16N2O12S4. The molecule has 0 bridgehead atoms. The molecular weight excluding hydrogens is 588 g/mol. The number of hydrogen-bond acceptors (Lipinski definition) is 10. The second kappa shape index (κ2) is 8.58. The zero-order valence-corrected chi connectivity index (χ0v) is 21.7. The van der Waals surface area contributed by atoms with Crippen LogP contribution in [0.2, 0.25) is 0 Å². The highest BCUT2D eigenvalue weighted by atomic mass is 32.2. The third kappa shape index (κ3) is 4.90. The highest BCUT2D eigenvalue weighted by Gasteiger charge is 2.27. The zero-order chi connectivity index (χ0) is 28.6. The van der Waals surface area contributed by atoms with Crippen LogP contribution >= 0.6 is 0 Å². The summed E-state index contributed by atoms with van der Waals surface area (Å²) in [5.41, 5.74) is 10.3. The van der Waals surface area contributed by atoms with Crippen LogP contribution in [0.3, 0.4) is 0 Å². The van der Waals surface area contributed by atoms with E-state index in [1.165, 1.54) is 0 Å². The van der Waals surface area contributed by atoms with Crippen molar-refractivity contribution in [3.8, 4) is 11.1 Å². The van der Waals surface area contributed by atoms with Gasteiger partial charge >= 0.3 is 0 Å². The lowest BCUT2D eigenvalue weighted by molar-refractivity contribution is 0.480. The number of nitrogens with two attached hydrogens (primary N) is 2. The molecule has 0 fully saturated rings. The average molecular weight is 605 g/mol. The van der Waals surface area contributed by atoms with E-state index >= 15 is 0 Å². The van der Waals surface area contributed by atoms with Crippen LogP contribution in [0.1, 0.15) is 0 Å². The summed E-state index contributed by atoms with van der Waals surface area (Å²) in [6.07, 6.45) is 0. The quantitative estimate of drug-likeness (QED) is 0.140. The SMILES string of the molecule is Nc1cc(-c2cc(S(=O)(=O)O)c3c(N)cc(S(=O)(=O)O)cc3c2)c(S(=O)(=O)O)c2cc(S(=O)(=O)O)ccc12. The Hall–Kier alpha value is -3.36. The van der Waals surface area contributed by atoms with E-state index in [1.54, 1.807) is 0 Å². The molecule has 0 aromatic heterocycles. The molecule has 0 aliphatic rings. The summed E-state index contributed by atoms with van der Waals surface area (Å²) in [7, 11) is -20.0. The highest BCUT2D eigenvalue weighted by molar-refractivity contribution is 7.87. The van der Waals surface area contributed by atoms with Gasteiger partial charge in [0.15, 0.2) is 0 Å². The summed E-state index contributed by atoms with van der Waals surface area (Å²) in [5.74, 6) is 0. The standard InChI is InChI=1S/C20H16N2O12S4/c21-16-8-14(20(38(32,33)34)15-6-11(35(23,24)25)1-2-13(15)16)9-3-10-4-12(36(26,27)28)7-17(22)19(10)18(5-9)37(29,30)31/h1-8H,21-22H2,(H,23,24,25)(H,26,27,28)(H,29,30,31)(H,32,33,34). The van der Waals surface area contributed by atoms with Crippen molar-refractivity contribution < 1.29 is 51.9 Å². The predicted octanol–water partition coefficient (Wildman–Crippen LogP) is 1.81. The number of anilines is 2. The molecule has 0 amide bonds. The normalized spacial score (nSPS) is 13.3. The molecule has 4 rings (SSSR count). The van der Waals surface area contributed by atoms with E-state index in [2.05, 4.69) is 0 Å². The fraction of sp³-hybridized carbons (Fsp3) is 0. The van der Waals surface area contributed by atoms with E-state index in [1.807, 2.05) is 0 Å². The molecule has 0 atom stereocenters. The van der Waals surface area contributed by atoms with Gasteiger partial charge in [0.05, 0.1) is 9.79 Å². The summed E-state index contributed by atoms with van der Waals surface area (Å²) in [5, 5.41) is -1.21. The Morgan fingerprint density at radius 2 is 1.16 bits per heavy atom. The van der Waals surface area contributed by atoms with Crippen molar-refractivity contribution in [1.82, 2.24) is 0 Å². The Kier molecular flexibility index (Phi) is 6.25. The van der Waals surface area contributed by atoms with Gasteiger partial charge < -0.3 is 11.5 Å². The molecule has 202 valence electrons. The molecule has 38 heavy (non-hydrogen) atoms. The summed E-state index contributed by atoms with van der Waals surface area (Å²) in [4.78, 5) is -3.36. The minimum atomic E-state index is -5.23. The topological polar surface area (TPSA) is 270 Å². The smallest absolute Gasteiger partial charge is 0.295 e. The largest absolute Gasteiger partial charge is 0.398 e. The Morgan fingerprint density at radius 3 is 1.68 bits per heavy atom. The van der Waals surface area contributed by atoms with Crippen molar-refractivity contribution in [3.63, 3.8) is 0 Å². The molecule has 18 heteroatoms. The summed E-state index contributed by atoms with van der Waals surface area (Å²) < 4.78 is 135. The van der Waals surface area contributed by atoms with Crippen LogP contribution in [0.5, 0.6) is 0 Å². The van der Waals surface area contributed by atoms with E-state index in [4.69, 9.17) is 11.5 Å². The number of benzene rings is 4. The maximum Gasteiger partial charge on any atom is 0.295 e. The van der Waals surface area contributed by atoms with Crippen molar-refractivity contribution in [1.29, 1.82) is 0 Å². The maximum atomic E-state index is 12.5. The molecule has 0 aliphatic heterocycles. The molecule has 0 saturated carbocycles. The van der Waals surface area contributed by atoms with Gasteiger partial charge in [-0.3, -0.25) is 18.2 Å². The fourth-order valence-electron chi connectivity index (χ4n) is 4.05. The van der Waals surface area contributed by atoms with Crippen LogP contribution in [-0.2, 0) is 40.5 Å². The number of hydrogen-bond donors (Lipinski definition) is 6. The van der Waals surface area contributed by atoms with Gasteiger partial charge in [-0.1, -0.05) is 6.07 Å². The first-order valence-electron chi connectivity index (χ1n) is 9.83.